The molecule has 0 saturated carbocycles. The summed E-state index contributed by atoms with van der Waals surface area (Å²) < 4.78 is 5.39. The van der Waals surface area contributed by atoms with Crippen LogP contribution < -0.4 is 0 Å². The molecule has 0 fully saturated rings. The first-order valence-corrected chi connectivity index (χ1v) is 14.0. The van der Waals surface area contributed by atoms with Gasteiger partial charge in [-0.05, 0) is 51.0 Å². The zero-order valence-electron chi connectivity index (χ0n) is 24.9. The van der Waals surface area contributed by atoms with Crippen molar-refractivity contribution in [2.45, 2.75) is 86.9 Å². The summed E-state index contributed by atoms with van der Waals surface area (Å²) in [5, 5.41) is 19.6. The van der Waals surface area contributed by atoms with Crippen molar-refractivity contribution in [1.29, 1.82) is 0 Å². The second-order valence-electron chi connectivity index (χ2n) is 11.1. The number of carbonyl (C=O) groups excluding carboxylic acids is 2. The lowest BCUT2D eigenvalue weighted by atomic mass is 9.83. The number of rotatable bonds is 15. The monoisotopic (exact) mass is 540 g/mol. The Balaban J connectivity index is 2.69. The zero-order valence-corrected chi connectivity index (χ0v) is 24.9. The Bertz CT molecular complexity index is 1020. The highest BCUT2D eigenvalue weighted by Crippen LogP contribution is 2.24. The number of esters is 1. The summed E-state index contributed by atoms with van der Waals surface area (Å²) in [7, 11) is 0. The van der Waals surface area contributed by atoms with Gasteiger partial charge in [0.1, 0.15) is 11.9 Å². The molecule has 39 heavy (non-hydrogen) atoms. The van der Waals surface area contributed by atoms with Crippen LogP contribution in [0.15, 0.2) is 71.4 Å². The standard InChI is InChI=1S/C33H48O6/c1-9-28(14-15-29-24(5)13-16-31(36)39-29)19-22(3)12-10-11-21(2)17-25(6)32(37)27(8)33(38)26(7)18-23(4)20-30(34)35/h10-11,13-17,19-20,22,24-27,29,33,38H,9,12,18H2,1-8H3,(H,34,35)/b11-10+,15-14+,21-17+,23-20+,28-19-/t22-,24-,25-,26-,27+,29+,33-/m1/s1. The number of cyclic esters (lactones) is 1. The second kappa shape index (κ2) is 16.9. The Morgan fingerprint density at radius 3 is 2.38 bits per heavy atom. The number of hydrogen-bond donors (Lipinski definition) is 2. The number of allylic oxidation sites excluding steroid dienone is 8. The summed E-state index contributed by atoms with van der Waals surface area (Å²) in [6.07, 6.45) is 17.8. The van der Waals surface area contributed by atoms with E-state index in [9.17, 15) is 19.5 Å². The summed E-state index contributed by atoms with van der Waals surface area (Å²) in [5.41, 5.74) is 2.84. The molecule has 216 valence electrons. The molecule has 0 radical (unpaired) electrons. The number of carbonyl (C=O) groups is 3. The van der Waals surface area contributed by atoms with Crippen molar-refractivity contribution >= 4 is 17.7 Å². The number of ketones is 1. The molecule has 1 rings (SSSR count). The number of carboxylic acid groups (broad SMARTS) is 1. The first-order chi connectivity index (χ1) is 18.2. The number of ether oxygens (including phenoxy) is 1. The number of Topliss-reactive ketones (excluding diaryl/α,β-unsaturated/α-hetero) is 1. The van der Waals surface area contributed by atoms with E-state index in [4.69, 9.17) is 9.84 Å². The van der Waals surface area contributed by atoms with Crippen molar-refractivity contribution in [3.8, 4) is 0 Å². The fraction of sp³-hybridized carbons (Fsp3) is 0.545. The third-order valence-electron chi connectivity index (χ3n) is 7.12. The van der Waals surface area contributed by atoms with Crippen LogP contribution in [0.4, 0.5) is 0 Å². The first kappa shape index (κ1) is 34.0. The van der Waals surface area contributed by atoms with E-state index in [1.807, 2.05) is 58.1 Å². The van der Waals surface area contributed by atoms with Gasteiger partial charge in [-0.3, -0.25) is 4.79 Å². The molecule has 1 aliphatic heterocycles. The maximum absolute atomic E-state index is 13.0. The molecule has 6 heteroatoms. The Kier molecular flexibility index (Phi) is 14.7. The maximum Gasteiger partial charge on any atom is 0.331 e. The summed E-state index contributed by atoms with van der Waals surface area (Å²) in [4.78, 5) is 35.3. The fourth-order valence-corrected chi connectivity index (χ4v) is 4.75. The van der Waals surface area contributed by atoms with Gasteiger partial charge >= 0.3 is 11.9 Å². The second-order valence-corrected chi connectivity index (χ2v) is 11.1. The minimum absolute atomic E-state index is 0.0360. The van der Waals surface area contributed by atoms with Crippen LogP contribution in [-0.2, 0) is 19.1 Å². The van der Waals surface area contributed by atoms with Gasteiger partial charge < -0.3 is 14.9 Å². The highest BCUT2D eigenvalue weighted by atomic mass is 16.5. The molecule has 0 spiro atoms. The SMILES string of the molecule is CCC(=C/[C@H](C)C/C=C/C(C)=C/[C@@H](C)C(=O)[C@H](C)[C@H](O)[C@H](C)C/C(C)=C/C(=O)O)/C=C/[C@@H]1OC(=O)C=C[C@H]1C. The highest BCUT2D eigenvalue weighted by molar-refractivity contribution is 5.85. The molecule has 0 saturated heterocycles. The highest BCUT2D eigenvalue weighted by Gasteiger charge is 2.29. The van der Waals surface area contributed by atoms with Crippen molar-refractivity contribution in [2.24, 2.45) is 29.6 Å². The average molecular weight is 541 g/mol. The van der Waals surface area contributed by atoms with Crippen LogP contribution >= 0.6 is 0 Å². The van der Waals surface area contributed by atoms with E-state index in [2.05, 4.69) is 26.0 Å². The van der Waals surface area contributed by atoms with Gasteiger partial charge in [-0.25, -0.2) is 9.59 Å². The predicted octanol–water partition coefficient (Wildman–Crippen LogP) is 6.78. The van der Waals surface area contributed by atoms with E-state index >= 15 is 0 Å². The van der Waals surface area contributed by atoms with Crippen LogP contribution in [0, 0.1) is 29.6 Å². The number of aliphatic hydroxyl groups excluding tert-OH is 1. The lowest BCUT2D eigenvalue weighted by Gasteiger charge is -2.25. The van der Waals surface area contributed by atoms with Gasteiger partial charge in [0.05, 0.1) is 6.10 Å². The molecule has 0 bridgehead atoms. The van der Waals surface area contributed by atoms with Crippen LogP contribution in [0.1, 0.15) is 74.7 Å². The van der Waals surface area contributed by atoms with Gasteiger partial charge in [-0.2, -0.15) is 0 Å². The normalized spacial score (nSPS) is 23.0. The number of aliphatic hydroxyl groups is 1. The molecule has 7 atom stereocenters. The van der Waals surface area contributed by atoms with Crippen molar-refractivity contribution in [3.63, 3.8) is 0 Å². The summed E-state index contributed by atoms with van der Waals surface area (Å²) in [6, 6.07) is 0. The smallest absolute Gasteiger partial charge is 0.331 e. The average Bonchev–Trinajstić information content (AvgIpc) is 2.86. The summed E-state index contributed by atoms with van der Waals surface area (Å²) in [6.45, 7) is 15.4. The van der Waals surface area contributed by atoms with Gasteiger partial charge in [0, 0.05) is 29.9 Å². The van der Waals surface area contributed by atoms with Crippen LogP contribution in [0.3, 0.4) is 0 Å². The molecule has 0 amide bonds. The topological polar surface area (TPSA) is 101 Å². The van der Waals surface area contributed by atoms with Crippen molar-refractivity contribution in [2.75, 3.05) is 0 Å². The Morgan fingerprint density at radius 1 is 1.10 bits per heavy atom. The lowest BCUT2D eigenvalue weighted by Crippen LogP contribution is -2.34. The van der Waals surface area contributed by atoms with Crippen LogP contribution in [0.5, 0.6) is 0 Å². The number of hydrogen-bond acceptors (Lipinski definition) is 5. The predicted molar refractivity (Wildman–Crippen MR) is 157 cm³/mol. The largest absolute Gasteiger partial charge is 0.478 e. The molecule has 0 aromatic heterocycles. The lowest BCUT2D eigenvalue weighted by molar-refractivity contribution is -0.143. The van der Waals surface area contributed by atoms with E-state index in [1.54, 1.807) is 13.8 Å². The summed E-state index contributed by atoms with van der Waals surface area (Å²) >= 11 is 0. The molecule has 6 nitrogen and oxygen atoms in total. The minimum Gasteiger partial charge on any atom is -0.478 e. The van der Waals surface area contributed by atoms with Crippen molar-refractivity contribution in [3.05, 3.63) is 71.4 Å². The van der Waals surface area contributed by atoms with Crippen LogP contribution in [0.25, 0.3) is 0 Å². The van der Waals surface area contributed by atoms with Gasteiger partial charge in [0.2, 0.25) is 0 Å². The first-order valence-electron chi connectivity index (χ1n) is 14.0. The van der Waals surface area contributed by atoms with E-state index in [0.717, 1.165) is 24.5 Å². The van der Waals surface area contributed by atoms with Crippen LogP contribution in [0.2, 0.25) is 0 Å². The van der Waals surface area contributed by atoms with E-state index in [-0.39, 0.29) is 35.6 Å². The third-order valence-corrected chi connectivity index (χ3v) is 7.12. The summed E-state index contributed by atoms with van der Waals surface area (Å²) in [5.74, 6) is -2.01. The van der Waals surface area contributed by atoms with E-state index < -0.39 is 18.0 Å². The molecule has 1 aliphatic rings. The Hall–Kier alpha value is -2.99. The molecule has 0 aromatic carbocycles. The number of carboxylic acids is 1. The van der Waals surface area contributed by atoms with Gasteiger partial charge in [-0.15, -0.1) is 0 Å². The van der Waals surface area contributed by atoms with Gasteiger partial charge in [0.15, 0.2) is 0 Å². The van der Waals surface area contributed by atoms with E-state index in [0.29, 0.717) is 17.9 Å². The third kappa shape index (κ3) is 12.6. The maximum atomic E-state index is 13.0. The van der Waals surface area contributed by atoms with Gasteiger partial charge in [0.25, 0.3) is 0 Å². The number of aliphatic carboxylic acids is 1. The van der Waals surface area contributed by atoms with Crippen molar-refractivity contribution in [1.82, 2.24) is 0 Å². The van der Waals surface area contributed by atoms with Crippen LogP contribution in [-0.4, -0.2) is 40.1 Å². The zero-order chi connectivity index (χ0) is 29.7. The molecular formula is C33H48O6. The molecule has 2 N–H and O–H groups in total. The molecular weight excluding hydrogens is 492 g/mol. The Labute approximate surface area is 234 Å². The Morgan fingerprint density at radius 2 is 1.77 bits per heavy atom. The minimum atomic E-state index is -1.01. The fourth-order valence-electron chi connectivity index (χ4n) is 4.75. The van der Waals surface area contributed by atoms with Crippen molar-refractivity contribution < 1.29 is 29.3 Å². The molecule has 0 aliphatic carbocycles. The molecule has 1 heterocycles. The van der Waals surface area contributed by atoms with Gasteiger partial charge in [-0.1, -0.05) is 94.7 Å². The molecule has 0 aromatic rings. The molecule has 0 unspecified atom stereocenters. The quantitative estimate of drug-likeness (QED) is 0.135. The van der Waals surface area contributed by atoms with E-state index in [1.165, 1.54) is 11.6 Å².